The van der Waals surface area contributed by atoms with Gasteiger partial charge in [-0.15, -0.1) is 0 Å². The zero-order valence-electron chi connectivity index (χ0n) is 30.1. The maximum absolute atomic E-state index is 14.3. The molecule has 0 bridgehead atoms. The number of aliphatic hydroxyl groups is 1. The molecule has 3 aromatic carbocycles. The summed E-state index contributed by atoms with van der Waals surface area (Å²) in [4.78, 5) is 35.3. The number of hydrogen-bond donors (Lipinski definition) is 3. The van der Waals surface area contributed by atoms with Crippen LogP contribution in [0.2, 0.25) is 5.02 Å². The second kappa shape index (κ2) is 16.7. The highest BCUT2D eigenvalue weighted by atomic mass is 35.5. The Balaban J connectivity index is 1.19. The highest BCUT2D eigenvalue weighted by Crippen LogP contribution is 2.42. The molecule has 2 heterocycles. The van der Waals surface area contributed by atoms with Gasteiger partial charge in [0, 0.05) is 36.4 Å². The van der Waals surface area contributed by atoms with Gasteiger partial charge in [-0.1, -0.05) is 73.3 Å². The van der Waals surface area contributed by atoms with E-state index in [1.807, 2.05) is 54.2 Å². The Bertz CT molecular complexity index is 1760. The number of anilines is 1. The standard InChI is InChI=1S/C39H51ClN6O5S/c1-43(2)26-30-15-19-34(20-16-30)52(50,51)42-35(25-29-13-17-31(40)18-14-29)37(48)44-23-21-39(22-24-44)38(49)45(28-46(39)33-11-7-4-8-12-33)27-36(47)41-32-9-5-3-6-10-32/h4,7-8,11-20,32,35,38,42,49H,3,5-6,9-10,21-28H2,1-2H3,(H,41,47). The molecular formula is C39H51ClN6O5S. The number of aliphatic hydroxyl groups excluding tert-OH is 1. The van der Waals surface area contributed by atoms with E-state index in [4.69, 9.17) is 11.6 Å². The molecule has 3 fully saturated rings. The van der Waals surface area contributed by atoms with Crippen LogP contribution in [0.5, 0.6) is 0 Å². The van der Waals surface area contributed by atoms with E-state index in [0.29, 0.717) is 44.2 Å². The van der Waals surface area contributed by atoms with E-state index in [9.17, 15) is 23.1 Å². The lowest BCUT2D eigenvalue weighted by Gasteiger charge is -2.47. The lowest BCUT2D eigenvalue weighted by Crippen LogP contribution is -2.61. The van der Waals surface area contributed by atoms with Gasteiger partial charge in [0.15, 0.2) is 0 Å². The molecule has 52 heavy (non-hydrogen) atoms. The third-order valence-corrected chi connectivity index (χ3v) is 12.4. The lowest BCUT2D eigenvalue weighted by molar-refractivity contribution is -0.135. The van der Waals surface area contributed by atoms with Crippen molar-refractivity contribution >= 4 is 39.1 Å². The second-order valence-corrected chi connectivity index (χ2v) is 16.9. The maximum atomic E-state index is 14.3. The molecule has 1 saturated carbocycles. The minimum atomic E-state index is -4.05. The van der Waals surface area contributed by atoms with E-state index in [1.54, 1.807) is 53.4 Å². The molecule has 1 aliphatic carbocycles. The molecule has 3 aromatic rings. The normalized spacial score (nSPS) is 20.4. The Morgan fingerprint density at radius 2 is 1.56 bits per heavy atom. The van der Waals surface area contributed by atoms with Gasteiger partial charge >= 0.3 is 0 Å². The number of likely N-dealkylation sites (tertiary alicyclic amines) is 1. The van der Waals surface area contributed by atoms with Gasteiger partial charge in [0.25, 0.3) is 0 Å². The predicted molar refractivity (Wildman–Crippen MR) is 203 cm³/mol. The molecule has 2 saturated heterocycles. The van der Waals surface area contributed by atoms with Crippen LogP contribution in [-0.4, -0.2) is 104 Å². The number of carbonyl (C=O) groups is 2. The molecule has 2 atom stereocenters. The van der Waals surface area contributed by atoms with E-state index in [2.05, 4.69) is 14.9 Å². The van der Waals surface area contributed by atoms with Gasteiger partial charge in [-0.2, -0.15) is 4.72 Å². The second-order valence-electron chi connectivity index (χ2n) is 14.7. The largest absolute Gasteiger partial charge is 0.376 e. The average Bonchev–Trinajstić information content (AvgIpc) is 3.39. The highest BCUT2D eigenvalue weighted by Gasteiger charge is 2.54. The molecule has 6 rings (SSSR count). The number of nitrogens with zero attached hydrogens (tertiary/aromatic N) is 4. The molecule has 1 spiro atoms. The molecular weight excluding hydrogens is 700 g/mol. The zero-order chi connectivity index (χ0) is 36.9. The summed E-state index contributed by atoms with van der Waals surface area (Å²) in [6.07, 6.45) is 5.45. The molecule has 3 N–H and O–H groups in total. The predicted octanol–water partition coefficient (Wildman–Crippen LogP) is 4.20. The minimum absolute atomic E-state index is 0.0759. The molecule has 13 heteroatoms. The third-order valence-electron chi connectivity index (χ3n) is 10.7. The first-order valence-corrected chi connectivity index (χ1v) is 20.1. The molecule has 280 valence electrons. The quantitative estimate of drug-likeness (QED) is 0.252. The van der Waals surface area contributed by atoms with Crippen molar-refractivity contribution in [1.29, 1.82) is 0 Å². The van der Waals surface area contributed by atoms with Crippen LogP contribution in [0.4, 0.5) is 5.69 Å². The number of rotatable bonds is 12. The summed E-state index contributed by atoms with van der Waals surface area (Å²) in [5, 5.41) is 15.7. The fraction of sp³-hybridized carbons (Fsp3) is 0.487. The van der Waals surface area contributed by atoms with Gasteiger partial charge in [-0.25, -0.2) is 13.3 Å². The van der Waals surface area contributed by atoms with E-state index >= 15 is 0 Å². The molecule has 0 aromatic heterocycles. The first kappa shape index (κ1) is 38.2. The monoisotopic (exact) mass is 750 g/mol. The summed E-state index contributed by atoms with van der Waals surface area (Å²) in [6, 6.07) is 22.7. The topological polar surface area (TPSA) is 126 Å². The summed E-state index contributed by atoms with van der Waals surface area (Å²) in [5.41, 5.74) is 1.93. The van der Waals surface area contributed by atoms with Gasteiger partial charge in [0.05, 0.1) is 23.6 Å². The van der Waals surface area contributed by atoms with Crippen molar-refractivity contribution in [3.63, 3.8) is 0 Å². The van der Waals surface area contributed by atoms with Gasteiger partial charge in [0.1, 0.15) is 12.3 Å². The van der Waals surface area contributed by atoms with Crippen LogP contribution in [0.25, 0.3) is 0 Å². The van der Waals surface area contributed by atoms with Crippen molar-refractivity contribution in [3.05, 3.63) is 95.0 Å². The average molecular weight is 751 g/mol. The number of nitrogens with one attached hydrogen (secondary N) is 2. The SMILES string of the molecule is CN(C)Cc1ccc(S(=O)(=O)NC(Cc2ccc(Cl)cc2)C(=O)N2CCC3(CC2)C(O)N(CC(=O)NC2CCCCC2)CN3c2ccccc2)cc1. The van der Waals surface area contributed by atoms with E-state index in [-0.39, 0.29) is 35.7 Å². The van der Waals surface area contributed by atoms with Gasteiger partial charge in [0.2, 0.25) is 21.8 Å². The number of sulfonamides is 1. The van der Waals surface area contributed by atoms with Crippen molar-refractivity contribution in [2.45, 2.75) is 86.7 Å². The summed E-state index contributed by atoms with van der Waals surface area (Å²) in [7, 11) is -0.160. The molecule has 2 unspecified atom stereocenters. The minimum Gasteiger partial charge on any atom is -0.376 e. The van der Waals surface area contributed by atoms with Crippen LogP contribution in [0.15, 0.2) is 83.8 Å². The van der Waals surface area contributed by atoms with Crippen molar-refractivity contribution in [3.8, 4) is 0 Å². The van der Waals surface area contributed by atoms with Crippen LogP contribution < -0.4 is 14.9 Å². The van der Waals surface area contributed by atoms with Crippen molar-refractivity contribution in [2.75, 3.05) is 45.3 Å². The molecule has 2 amide bonds. The lowest BCUT2D eigenvalue weighted by atomic mass is 9.84. The van der Waals surface area contributed by atoms with Gasteiger partial charge in [-0.3, -0.25) is 9.59 Å². The summed E-state index contributed by atoms with van der Waals surface area (Å²) >= 11 is 6.13. The third kappa shape index (κ3) is 8.98. The number of benzene rings is 3. The fourth-order valence-electron chi connectivity index (χ4n) is 7.96. The first-order chi connectivity index (χ1) is 24.9. The summed E-state index contributed by atoms with van der Waals surface area (Å²) in [5.74, 6) is -0.423. The Morgan fingerprint density at radius 1 is 0.923 bits per heavy atom. The van der Waals surface area contributed by atoms with Crippen LogP contribution in [-0.2, 0) is 32.6 Å². The molecule has 11 nitrogen and oxygen atoms in total. The Morgan fingerprint density at radius 3 is 2.19 bits per heavy atom. The summed E-state index contributed by atoms with van der Waals surface area (Å²) in [6.45, 7) is 1.72. The van der Waals surface area contributed by atoms with Crippen molar-refractivity contribution in [2.24, 2.45) is 0 Å². The summed E-state index contributed by atoms with van der Waals surface area (Å²) < 4.78 is 30.1. The van der Waals surface area contributed by atoms with Gasteiger partial charge in [-0.05, 0) is 93.7 Å². The molecule has 2 aliphatic heterocycles. The van der Waals surface area contributed by atoms with E-state index < -0.39 is 27.8 Å². The number of para-hydroxylation sites is 1. The van der Waals surface area contributed by atoms with Crippen molar-refractivity contribution < 1.29 is 23.1 Å². The molecule has 3 aliphatic rings. The molecule has 0 radical (unpaired) electrons. The highest BCUT2D eigenvalue weighted by molar-refractivity contribution is 7.89. The van der Waals surface area contributed by atoms with Crippen LogP contribution in [0.1, 0.15) is 56.1 Å². The number of halogens is 1. The van der Waals surface area contributed by atoms with Gasteiger partial charge < -0.3 is 25.1 Å². The fourth-order valence-corrected chi connectivity index (χ4v) is 9.27. The number of carbonyl (C=O) groups excluding carboxylic acids is 2. The number of hydrogen-bond acceptors (Lipinski definition) is 8. The van der Waals surface area contributed by atoms with Crippen molar-refractivity contribution in [1.82, 2.24) is 24.7 Å². The number of piperidine rings is 1. The number of amides is 2. The smallest absolute Gasteiger partial charge is 0.241 e. The first-order valence-electron chi connectivity index (χ1n) is 18.3. The Kier molecular flexibility index (Phi) is 12.2. The van der Waals surface area contributed by atoms with E-state index in [1.165, 1.54) is 6.42 Å². The van der Waals surface area contributed by atoms with Crippen LogP contribution in [0, 0.1) is 0 Å². The Hall–Kier alpha value is -3.52. The van der Waals surface area contributed by atoms with E-state index in [0.717, 1.165) is 42.5 Å². The maximum Gasteiger partial charge on any atom is 0.241 e. The zero-order valence-corrected chi connectivity index (χ0v) is 31.7. The van der Waals surface area contributed by atoms with Crippen LogP contribution in [0.3, 0.4) is 0 Å². The van der Waals surface area contributed by atoms with Crippen LogP contribution >= 0.6 is 11.6 Å². The Labute approximate surface area is 313 Å².